The normalized spacial score (nSPS) is 26.2. The smallest absolute Gasteiger partial charge is 0.306 e. The molecule has 130 valence electrons. The third-order valence-corrected chi connectivity index (χ3v) is 5.13. The number of fused-ring (bicyclic) bond motifs is 1. The predicted octanol–water partition coefficient (Wildman–Crippen LogP) is 2.54. The molecule has 2 heterocycles. The van der Waals surface area contributed by atoms with Crippen LogP contribution < -0.4 is 0 Å². The van der Waals surface area contributed by atoms with Gasteiger partial charge >= 0.3 is 11.9 Å². The van der Waals surface area contributed by atoms with E-state index in [2.05, 4.69) is 29.2 Å². The SMILES string of the molecule is COC(=O)CCCC[C@H]1[C@H]2CC(=O)O[C@H]2CN1Cc1ccccc1. The van der Waals surface area contributed by atoms with Gasteiger partial charge in [0.25, 0.3) is 0 Å². The van der Waals surface area contributed by atoms with E-state index in [9.17, 15) is 9.59 Å². The van der Waals surface area contributed by atoms with Crippen molar-refractivity contribution in [1.82, 2.24) is 4.90 Å². The molecule has 0 N–H and O–H groups in total. The number of hydrogen-bond acceptors (Lipinski definition) is 5. The molecule has 3 rings (SSSR count). The molecule has 3 atom stereocenters. The maximum absolute atomic E-state index is 11.6. The van der Waals surface area contributed by atoms with Crippen molar-refractivity contribution >= 4 is 11.9 Å². The van der Waals surface area contributed by atoms with Gasteiger partial charge in [-0.3, -0.25) is 14.5 Å². The van der Waals surface area contributed by atoms with Crippen molar-refractivity contribution < 1.29 is 19.1 Å². The Morgan fingerprint density at radius 3 is 2.83 bits per heavy atom. The van der Waals surface area contributed by atoms with Crippen LogP contribution in [0.5, 0.6) is 0 Å². The number of carbonyl (C=O) groups excluding carboxylic acids is 2. The summed E-state index contributed by atoms with van der Waals surface area (Å²) in [5.41, 5.74) is 1.28. The summed E-state index contributed by atoms with van der Waals surface area (Å²) in [6.07, 6.45) is 3.80. The van der Waals surface area contributed by atoms with Crippen molar-refractivity contribution in [1.29, 1.82) is 0 Å². The molecule has 1 aromatic carbocycles. The van der Waals surface area contributed by atoms with E-state index >= 15 is 0 Å². The van der Waals surface area contributed by atoms with Crippen molar-refractivity contribution in [2.45, 2.75) is 50.8 Å². The molecule has 0 unspecified atom stereocenters. The fraction of sp³-hybridized carbons (Fsp3) is 0.579. The number of benzene rings is 1. The van der Waals surface area contributed by atoms with E-state index in [1.54, 1.807) is 0 Å². The lowest BCUT2D eigenvalue weighted by molar-refractivity contribution is -0.142. The molecule has 2 fully saturated rings. The van der Waals surface area contributed by atoms with Crippen LogP contribution in [0.2, 0.25) is 0 Å². The second-order valence-electron chi connectivity index (χ2n) is 6.70. The van der Waals surface area contributed by atoms with E-state index in [0.717, 1.165) is 32.4 Å². The highest BCUT2D eigenvalue weighted by atomic mass is 16.6. The van der Waals surface area contributed by atoms with Gasteiger partial charge in [0.2, 0.25) is 0 Å². The Morgan fingerprint density at radius 2 is 2.08 bits per heavy atom. The van der Waals surface area contributed by atoms with Crippen LogP contribution in [0.15, 0.2) is 30.3 Å². The van der Waals surface area contributed by atoms with Crippen molar-refractivity contribution in [3.8, 4) is 0 Å². The first kappa shape index (κ1) is 17.0. The van der Waals surface area contributed by atoms with Crippen LogP contribution in [-0.4, -0.2) is 42.6 Å². The van der Waals surface area contributed by atoms with Gasteiger partial charge in [0.05, 0.1) is 13.5 Å². The van der Waals surface area contributed by atoms with E-state index in [4.69, 9.17) is 9.47 Å². The summed E-state index contributed by atoms with van der Waals surface area (Å²) in [5.74, 6) is 0.0723. The molecule has 2 aliphatic rings. The Labute approximate surface area is 142 Å². The number of hydrogen-bond donors (Lipinski definition) is 0. The van der Waals surface area contributed by atoms with E-state index in [1.807, 2.05) is 6.07 Å². The van der Waals surface area contributed by atoms with E-state index in [0.29, 0.717) is 24.8 Å². The van der Waals surface area contributed by atoms with Gasteiger partial charge in [-0.15, -0.1) is 0 Å². The Morgan fingerprint density at radius 1 is 1.29 bits per heavy atom. The summed E-state index contributed by atoms with van der Waals surface area (Å²) >= 11 is 0. The Balaban J connectivity index is 1.59. The summed E-state index contributed by atoms with van der Waals surface area (Å²) in [4.78, 5) is 25.3. The van der Waals surface area contributed by atoms with Crippen LogP contribution in [0, 0.1) is 5.92 Å². The number of likely N-dealkylation sites (tertiary alicyclic amines) is 1. The molecule has 5 heteroatoms. The highest BCUT2D eigenvalue weighted by Crippen LogP contribution is 2.38. The average molecular weight is 331 g/mol. The predicted molar refractivity (Wildman–Crippen MR) is 89.1 cm³/mol. The monoisotopic (exact) mass is 331 g/mol. The van der Waals surface area contributed by atoms with Crippen molar-refractivity contribution in [3.63, 3.8) is 0 Å². The van der Waals surface area contributed by atoms with Crippen LogP contribution in [0.3, 0.4) is 0 Å². The minimum Gasteiger partial charge on any atom is -0.469 e. The summed E-state index contributed by atoms with van der Waals surface area (Å²) in [6.45, 7) is 1.69. The summed E-state index contributed by atoms with van der Waals surface area (Å²) < 4.78 is 10.2. The van der Waals surface area contributed by atoms with Gasteiger partial charge in [0.1, 0.15) is 6.10 Å². The zero-order chi connectivity index (χ0) is 16.9. The molecule has 0 spiro atoms. The van der Waals surface area contributed by atoms with Gasteiger partial charge in [0.15, 0.2) is 0 Å². The molecular weight excluding hydrogens is 306 g/mol. The van der Waals surface area contributed by atoms with Crippen LogP contribution in [0.25, 0.3) is 0 Å². The van der Waals surface area contributed by atoms with Crippen LogP contribution >= 0.6 is 0 Å². The number of rotatable bonds is 7. The Bertz CT molecular complexity index is 574. The van der Waals surface area contributed by atoms with Gasteiger partial charge in [-0.25, -0.2) is 0 Å². The van der Waals surface area contributed by atoms with Gasteiger partial charge in [-0.1, -0.05) is 36.8 Å². The fourth-order valence-electron chi connectivity index (χ4n) is 3.94. The van der Waals surface area contributed by atoms with Gasteiger partial charge < -0.3 is 9.47 Å². The minimum atomic E-state index is -0.153. The highest BCUT2D eigenvalue weighted by molar-refractivity contribution is 5.72. The van der Waals surface area contributed by atoms with Crippen molar-refractivity contribution in [3.05, 3.63) is 35.9 Å². The zero-order valence-electron chi connectivity index (χ0n) is 14.1. The van der Waals surface area contributed by atoms with Crippen molar-refractivity contribution in [2.24, 2.45) is 5.92 Å². The first-order chi connectivity index (χ1) is 11.7. The van der Waals surface area contributed by atoms with Crippen LogP contribution in [-0.2, 0) is 25.6 Å². The quantitative estimate of drug-likeness (QED) is 0.568. The molecule has 0 amide bonds. The average Bonchev–Trinajstić information content (AvgIpc) is 3.08. The van der Waals surface area contributed by atoms with E-state index < -0.39 is 0 Å². The molecule has 1 aromatic rings. The zero-order valence-corrected chi connectivity index (χ0v) is 14.1. The molecule has 24 heavy (non-hydrogen) atoms. The van der Waals surface area contributed by atoms with Gasteiger partial charge in [0, 0.05) is 31.5 Å². The molecule has 0 aromatic heterocycles. The number of ether oxygens (including phenoxy) is 2. The lowest BCUT2D eigenvalue weighted by Crippen LogP contribution is -2.33. The molecule has 0 saturated carbocycles. The first-order valence-corrected chi connectivity index (χ1v) is 8.71. The van der Waals surface area contributed by atoms with E-state index in [1.165, 1.54) is 12.7 Å². The molecule has 2 aliphatic heterocycles. The minimum absolute atomic E-state index is 0.0341. The first-order valence-electron chi connectivity index (χ1n) is 8.71. The van der Waals surface area contributed by atoms with Gasteiger partial charge in [-0.2, -0.15) is 0 Å². The molecule has 5 nitrogen and oxygen atoms in total. The standard InChI is InChI=1S/C19H25NO4/c1-23-18(21)10-6-5-9-16-15-11-19(22)24-17(15)13-20(16)12-14-7-3-2-4-8-14/h2-4,7-8,15-17H,5-6,9-13H2,1H3/t15-,16+,17+/m1/s1. The van der Waals surface area contributed by atoms with Crippen LogP contribution in [0.4, 0.5) is 0 Å². The maximum atomic E-state index is 11.6. The molecule has 2 saturated heterocycles. The third-order valence-electron chi connectivity index (χ3n) is 5.13. The number of methoxy groups -OCH3 is 1. The summed E-state index contributed by atoms with van der Waals surface area (Å²) in [5, 5.41) is 0. The molecular formula is C19H25NO4. The second kappa shape index (κ2) is 7.79. The van der Waals surface area contributed by atoms with Crippen LogP contribution in [0.1, 0.15) is 37.7 Å². The topological polar surface area (TPSA) is 55.8 Å². The Kier molecular flexibility index (Phi) is 5.51. The second-order valence-corrected chi connectivity index (χ2v) is 6.70. The fourth-order valence-corrected chi connectivity index (χ4v) is 3.94. The highest BCUT2D eigenvalue weighted by Gasteiger charge is 2.48. The number of nitrogens with zero attached hydrogens (tertiary/aromatic N) is 1. The maximum Gasteiger partial charge on any atom is 0.306 e. The summed E-state index contributed by atoms with van der Waals surface area (Å²) in [7, 11) is 1.42. The summed E-state index contributed by atoms with van der Waals surface area (Å²) in [6, 6.07) is 10.7. The van der Waals surface area contributed by atoms with Gasteiger partial charge in [-0.05, 0) is 18.4 Å². The molecule has 0 radical (unpaired) electrons. The van der Waals surface area contributed by atoms with Crippen molar-refractivity contribution in [2.75, 3.05) is 13.7 Å². The largest absolute Gasteiger partial charge is 0.469 e. The lowest BCUT2D eigenvalue weighted by atomic mass is 9.92. The molecule has 0 aliphatic carbocycles. The number of esters is 2. The third kappa shape index (κ3) is 3.96. The molecule has 0 bridgehead atoms. The van der Waals surface area contributed by atoms with E-state index in [-0.39, 0.29) is 18.0 Å². The Hall–Kier alpha value is -1.88. The number of carbonyl (C=O) groups is 2. The lowest BCUT2D eigenvalue weighted by Gasteiger charge is -2.27. The number of unbranched alkanes of at least 4 members (excludes halogenated alkanes) is 1.